The van der Waals surface area contributed by atoms with Gasteiger partial charge in [-0.05, 0) is 42.7 Å². The molecule has 0 aliphatic carbocycles. The Balaban J connectivity index is 1.79. The van der Waals surface area contributed by atoms with Crippen molar-refractivity contribution in [3.05, 3.63) is 56.9 Å². The van der Waals surface area contributed by atoms with Crippen molar-refractivity contribution in [2.24, 2.45) is 0 Å². The van der Waals surface area contributed by atoms with E-state index in [1.54, 1.807) is 35.8 Å². The van der Waals surface area contributed by atoms with Gasteiger partial charge in [0, 0.05) is 16.5 Å². The minimum absolute atomic E-state index is 0.0967. The van der Waals surface area contributed by atoms with Crippen LogP contribution in [0.4, 0.5) is 0 Å². The zero-order valence-corrected chi connectivity index (χ0v) is 17.1. The van der Waals surface area contributed by atoms with Gasteiger partial charge in [-0.2, -0.15) is 0 Å². The van der Waals surface area contributed by atoms with Crippen LogP contribution < -0.4 is 10.3 Å². The van der Waals surface area contributed by atoms with Crippen molar-refractivity contribution >= 4 is 23.3 Å². The maximum atomic E-state index is 13.3. The van der Waals surface area contributed by atoms with Gasteiger partial charge >= 0.3 is 5.97 Å². The quantitative estimate of drug-likeness (QED) is 0.398. The van der Waals surface area contributed by atoms with Crippen LogP contribution in [0.1, 0.15) is 42.5 Å². The normalized spacial score (nSPS) is 18.9. The smallest absolute Gasteiger partial charge is 0.343 e. The molecule has 0 bridgehead atoms. The van der Waals surface area contributed by atoms with Crippen LogP contribution in [0.5, 0.6) is 5.75 Å². The van der Waals surface area contributed by atoms with Gasteiger partial charge in [0.05, 0.1) is 29.0 Å². The number of carbonyl (C=O) groups is 2. The Kier molecular flexibility index (Phi) is 4.23. The summed E-state index contributed by atoms with van der Waals surface area (Å²) in [6, 6.07) is 6.91. The van der Waals surface area contributed by atoms with Gasteiger partial charge in [0.25, 0.3) is 12.0 Å². The minimum atomic E-state index is -1.85. The first-order valence-electron chi connectivity index (χ1n) is 10.2. The highest BCUT2D eigenvalue weighted by Gasteiger charge is 2.45. The van der Waals surface area contributed by atoms with E-state index in [2.05, 4.69) is 0 Å². The Morgan fingerprint density at radius 1 is 1.26 bits per heavy atom. The van der Waals surface area contributed by atoms with E-state index in [-0.39, 0.29) is 18.6 Å². The zero-order valence-electron chi connectivity index (χ0n) is 17.1. The highest BCUT2D eigenvalue weighted by molar-refractivity contribution is 5.90. The van der Waals surface area contributed by atoms with E-state index in [4.69, 9.17) is 14.5 Å². The summed E-state index contributed by atoms with van der Waals surface area (Å²) in [6.45, 7) is 4.25. The maximum Gasteiger partial charge on any atom is 0.343 e. The van der Waals surface area contributed by atoms with Crippen LogP contribution in [0, 0.1) is 0 Å². The number of benzene rings is 1. The van der Waals surface area contributed by atoms with E-state index < -0.39 is 11.6 Å². The fourth-order valence-electron chi connectivity index (χ4n) is 4.67. The van der Waals surface area contributed by atoms with Crippen molar-refractivity contribution in [3.63, 3.8) is 0 Å². The Bertz CT molecular complexity index is 1340. The van der Waals surface area contributed by atoms with Gasteiger partial charge in [0.15, 0.2) is 5.60 Å². The van der Waals surface area contributed by atoms with Gasteiger partial charge < -0.3 is 19.1 Å². The standard InChI is InChI=1S/C23H20N2O6/c1-3-13-14-7-12(31-11-26)5-6-18(14)24-20-15(13)9-25-19(20)8-17-16(21(25)27)10-30-22(28)23(17,29)4-2/h5-8,11,29H,3-4,9-10H2,1-2H3. The first-order chi connectivity index (χ1) is 14.9. The Morgan fingerprint density at radius 3 is 2.77 bits per heavy atom. The molecule has 0 radical (unpaired) electrons. The van der Waals surface area contributed by atoms with Crippen molar-refractivity contribution in [2.45, 2.75) is 45.4 Å². The Hall–Kier alpha value is -3.52. The average molecular weight is 420 g/mol. The second-order valence-corrected chi connectivity index (χ2v) is 7.77. The summed E-state index contributed by atoms with van der Waals surface area (Å²) >= 11 is 0. The largest absolute Gasteiger partial charge is 0.458 e. The van der Waals surface area contributed by atoms with E-state index in [0.29, 0.717) is 53.2 Å². The van der Waals surface area contributed by atoms with Crippen LogP contribution in [0.2, 0.25) is 0 Å². The molecule has 3 aromatic rings. The number of nitrogens with zero attached hydrogens (tertiary/aromatic N) is 2. The van der Waals surface area contributed by atoms with Crippen LogP contribution in [0.15, 0.2) is 29.1 Å². The second-order valence-electron chi connectivity index (χ2n) is 7.77. The van der Waals surface area contributed by atoms with Crippen molar-refractivity contribution in [3.8, 4) is 17.1 Å². The third-order valence-corrected chi connectivity index (χ3v) is 6.31. The van der Waals surface area contributed by atoms with E-state index in [1.165, 1.54) is 0 Å². The van der Waals surface area contributed by atoms with Crippen LogP contribution in [0.25, 0.3) is 22.3 Å². The van der Waals surface area contributed by atoms with Crippen molar-refractivity contribution < 1.29 is 24.2 Å². The molecular formula is C23H20N2O6. The Morgan fingerprint density at radius 2 is 2.06 bits per heavy atom. The van der Waals surface area contributed by atoms with E-state index in [1.807, 2.05) is 6.92 Å². The molecule has 2 aromatic heterocycles. The summed E-state index contributed by atoms with van der Waals surface area (Å²) in [5, 5.41) is 11.8. The lowest BCUT2D eigenvalue weighted by Crippen LogP contribution is -2.44. The van der Waals surface area contributed by atoms with Crippen molar-refractivity contribution in [2.75, 3.05) is 0 Å². The summed E-state index contributed by atoms with van der Waals surface area (Å²) in [6.07, 6.45) is 0.786. The number of hydrogen-bond donors (Lipinski definition) is 1. The first kappa shape index (κ1) is 19.4. The van der Waals surface area contributed by atoms with Crippen molar-refractivity contribution in [1.82, 2.24) is 9.55 Å². The number of aryl methyl sites for hydroxylation is 1. The Labute approximate surface area is 177 Å². The number of rotatable bonds is 4. The van der Waals surface area contributed by atoms with Gasteiger partial charge in [-0.25, -0.2) is 9.78 Å². The number of hydrogen-bond acceptors (Lipinski definition) is 7. The molecule has 1 aromatic carbocycles. The molecule has 0 saturated carbocycles. The molecule has 1 unspecified atom stereocenters. The molecule has 1 atom stereocenters. The van der Waals surface area contributed by atoms with Crippen molar-refractivity contribution in [1.29, 1.82) is 0 Å². The molecule has 2 aliphatic rings. The molecule has 0 saturated heterocycles. The molecule has 1 N–H and O–H groups in total. The number of pyridine rings is 2. The molecular weight excluding hydrogens is 400 g/mol. The summed E-state index contributed by atoms with van der Waals surface area (Å²) < 4.78 is 11.7. The van der Waals surface area contributed by atoms with Gasteiger partial charge in [0.2, 0.25) is 0 Å². The number of aromatic nitrogens is 2. The van der Waals surface area contributed by atoms with E-state index >= 15 is 0 Å². The van der Waals surface area contributed by atoms with Gasteiger partial charge in [0.1, 0.15) is 12.4 Å². The number of carbonyl (C=O) groups excluding carboxylic acids is 2. The number of fused-ring (bicyclic) bond motifs is 5. The molecule has 0 fully saturated rings. The predicted molar refractivity (Wildman–Crippen MR) is 111 cm³/mol. The first-order valence-corrected chi connectivity index (χ1v) is 10.2. The van der Waals surface area contributed by atoms with Gasteiger partial charge in [-0.3, -0.25) is 9.59 Å². The SMILES string of the molecule is CCc1c2c(nc3ccc(OC=O)cc13)-c1cc3c(c(=O)n1C2)COC(=O)C3(O)CC. The molecule has 8 heteroatoms. The van der Waals surface area contributed by atoms with Crippen LogP contribution >= 0.6 is 0 Å². The molecule has 0 amide bonds. The number of cyclic esters (lactones) is 1. The van der Waals surface area contributed by atoms with E-state index in [9.17, 15) is 19.5 Å². The summed E-state index contributed by atoms with van der Waals surface area (Å²) in [7, 11) is 0. The van der Waals surface area contributed by atoms with Crippen LogP contribution in [-0.4, -0.2) is 27.1 Å². The lowest BCUT2D eigenvalue weighted by atomic mass is 9.86. The second kappa shape index (κ2) is 6.75. The third-order valence-electron chi connectivity index (χ3n) is 6.31. The summed E-state index contributed by atoms with van der Waals surface area (Å²) in [5.41, 5.74) is 2.31. The minimum Gasteiger partial charge on any atom is -0.458 e. The molecule has 0 spiro atoms. The average Bonchev–Trinajstić information content (AvgIpc) is 3.14. The van der Waals surface area contributed by atoms with Gasteiger partial charge in [-0.1, -0.05) is 13.8 Å². The van der Waals surface area contributed by atoms with E-state index in [0.717, 1.165) is 16.5 Å². The fraction of sp³-hybridized carbons (Fsp3) is 0.304. The molecule has 8 nitrogen and oxygen atoms in total. The maximum absolute atomic E-state index is 13.3. The summed E-state index contributed by atoms with van der Waals surface area (Å²) in [4.78, 5) is 41.1. The highest BCUT2D eigenvalue weighted by Crippen LogP contribution is 2.40. The topological polar surface area (TPSA) is 108 Å². The lowest BCUT2D eigenvalue weighted by molar-refractivity contribution is -0.172. The number of esters is 1. The monoisotopic (exact) mass is 420 g/mol. The lowest BCUT2D eigenvalue weighted by Gasteiger charge is -2.31. The predicted octanol–water partition coefficient (Wildman–Crippen LogP) is 2.18. The molecule has 158 valence electrons. The highest BCUT2D eigenvalue weighted by atomic mass is 16.6. The third kappa shape index (κ3) is 2.58. The van der Waals surface area contributed by atoms with Gasteiger partial charge in [-0.15, -0.1) is 0 Å². The number of ether oxygens (including phenoxy) is 2. The zero-order chi connectivity index (χ0) is 21.9. The van der Waals surface area contributed by atoms with Crippen LogP contribution in [0.3, 0.4) is 0 Å². The molecule has 31 heavy (non-hydrogen) atoms. The molecule has 4 heterocycles. The number of aliphatic hydroxyl groups is 1. The fourth-order valence-corrected chi connectivity index (χ4v) is 4.67. The molecule has 5 rings (SSSR count). The summed E-state index contributed by atoms with van der Waals surface area (Å²) in [5.74, 6) is -0.320. The van der Waals surface area contributed by atoms with Crippen LogP contribution in [-0.2, 0) is 39.5 Å². The molecule has 2 aliphatic heterocycles.